The van der Waals surface area contributed by atoms with Gasteiger partial charge in [-0.1, -0.05) is 73.1 Å². The van der Waals surface area contributed by atoms with Gasteiger partial charge in [0.1, 0.15) is 11.6 Å². The van der Waals surface area contributed by atoms with Gasteiger partial charge >= 0.3 is 0 Å². The highest BCUT2D eigenvalue weighted by Gasteiger charge is 2.79. The fourth-order valence-corrected chi connectivity index (χ4v) is 7.85. The first-order chi connectivity index (χ1) is 20.7. The number of carbonyl (C=O) groups is 3. The number of hydrogen-bond acceptors (Lipinski definition) is 5. The van der Waals surface area contributed by atoms with E-state index in [4.69, 9.17) is 16.3 Å². The molecule has 1 spiro atoms. The first-order valence-corrected chi connectivity index (χ1v) is 15.3. The number of carbonyl (C=O) groups excluding carboxylic acids is 3. The second kappa shape index (κ2) is 12.3. The Labute approximate surface area is 258 Å². The SMILES string of the molecule is C=CCN(C)C(=O)[C@H]1[C@H]2C(=O)N([C@@H](CO)Cc3ccccc3)C(C(=O)N(CC=C)c3ccccc3Cl)C23CC[C@]1(CC)O3. The van der Waals surface area contributed by atoms with Crippen LogP contribution in [0.25, 0.3) is 0 Å². The molecule has 0 radical (unpaired) electrons. The number of aliphatic hydroxyl groups excluding tert-OH is 1. The number of fused-ring (bicyclic) bond motifs is 1. The fraction of sp³-hybridized carbons (Fsp3) is 0.441. The molecule has 3 aliphatic heterocycles. The largest absolute Gasteiger partial charge is 0.394 e. The van der Waals surface area contributed by atoms with Crippen molar-refractivity contribution in [1.82, 2.24) is 9.80 Å². The Balaban J connectivity index is 1.66. The summed E-state index contributed by atoms with van der Waals surface area (Å²) >= 11 is 6.59. The second-order valence-corrected chi connectivity index (χ2v) is 12.2. The molecule has 9 heteroatoms. The molecule has 6 atom stereocenters. The van der Waals surface area contributed by atoms with Gasteiger partial charge in [-0.2, -0.15) is 0 Å². The summed E-state index contributed by atoms with van der Waals surface area (Å²) in [4.78, 5) is 48.3. The molecule has 2 aromatic rings. The first-order valence-electron chi connectivity index (χ1n) is 14.9. The summed E-state index contributed by atoms with van der Waals surface area (Å²) in [5.74, 6) is -2.57. The molecule has 2 aromatic carbocycles. The van der Waals surface area contributed by atoms with Gasteiger partial charge in [0, 0.05) is 20.1 Å². The molecular weight excluding hydrogens is 566 g/mol. The molecule has 3 fully saturated rings. The van der Waals surface area contributed by atoms with E-state index in [1.165, 1.54) is 9.80 Å². The predicted octanol–water partition coefficient (Wildman–Crippen LogP) is 4.26. The van der Waals surface area contributed by atoms with Crippen molar-refractivity contribution >= 4 is 35.0 Å². The number of likely N-dealkylation sites (N-methyl/N-ethyl adjacent to an activating group) is 1. The molecule has 43 heavy (non-hydrogen) atoms. The molecule has 8 nitrogen and oxygen atoms in total. The van der Waals surface area contributed by atoms with Crippen LogP contribution < -0.4 is 4.90 Å². The van der Waals surface area contributed by atoms with Crippen molar-refractivity contribution in [1.29, 1.82) is 0 Å². The van der Waals surface area contributed by atoms with E-state index in [1.807, 2.05) is 37.3 Å². The van der Waals surface area contributed by atoms with Crippen molar-refractivity contribution in [3.8, 4) is 0 Å². The van der Waals surface area contributed by atoms with Crippen molar-refractivity contribution < 1.29 is 24.2 Å². The molecule has 3 aliphatic rings. The maximum atomic E-state index is 14.9. The predicted molar refractivity (Wildman–Crippen MR) is 167 cm³/mol. The highest BCUT2D eigenvalue weighted by atomic mass is 35.5. The first kappa shape index (κ1) is 31.0. The highest BCUT2D eigenvalue weighted by molar-refractivity contribution is 6.34. The zero-order valence-corrected chi connectivity index (χ0v) is 25.6. The molecule has 1 N–H and O–H groups in total. The number of likely N-dealkylation sites (tertiary alicyclic amines) is 1. The number of rotatable bonds is 12. The lowest BCUT2D eigenvalue weighted by molar-refractivity contribution is -0.153. The van der Waals surface area contributed by atoms with Crippen LogP contribution in [0.3, 0.4) is 0 Å². The standard InChI is InChI=1S/C34H40ClN3O5/c1-5-19-36(4)30(40)27-28-31(41)38(24(22-39)21-23-13-9-8-10-14-23)29(34(28)18-17-33(27,7-3)43-34)32(42)37(20-6-2)26-16-12-11-15-25(26)35/h5-6,8-16,24,27-29,39H,1-2,7,17-22H2,3-4H3/t24-,27-,28+,29?,33+,34?/m1/s1. The van der Waals surface area contributed by atoms with E-state index in [-0.39, 0.29) is 30.9 Å². The van der Waals surface area contributed by atoms with Crippen LogP contribution >= 0.6 is 11.6 Å². The lowest BCUT2D eigenvalue weighted by Gasteiger charge is -2.39. The fourth-order valence-electron chi connectivity index (χ4n) is 7.62. The summed E-state index contributed by atoms with van der Waals surface area (Å²) in [5, 5.41) is 11.1. The van der Waals surface area contributed by atoms with Crippen molar-refractivity contribution in [2.75, 3.05) is 31.6 Å². The lowest BCUT2D eigenvalue weighted by Crippen LogP contribution is -2.59. The van der Waals surface area contributed by atoms with Crippen LogP contribution in [0.5, 0.6) is 0 Å². The number of hydrogen-bond donors (Lipinski definition) is 1. The van der Waals surface area contributed by atoms with Crippen molar-refractivity contribution in [2.24, 2.45) is 11.8 Å². The van der Waals surface area contributed by atoms with Crippen LogP contribution in [0, 0.1) is 11.8 Å². The number of benzene rings is 2. The Morgan fingerprint density at radius 2 is 1.77 bits per heavy atom. The minimum Gasteiger partial charge on any atom is -0.394 e. The number of nitrogens with zero attached hydrogens (tertiary/aromatic N) is 3. The number of anilines is 1. The van der Waals surface area contributed by atoms with E-state index in [1.54, 1.807) is 48.4 Å². The topological polar surface area (TPSA) is 90.4 Å². The maximum absolute atomic E-state index is 14.9. The Hall–Kier alpha value is -3.46. The molecule has 0 saturated carbocycles. The Bertz CT molecular complexity index is 1400. The molecule has 2 bridgehead atoms. The van der Waals surface area contributed by atoms with Crippen LogP contribution in [-0.2, 0) is 25.5 Å². The summed E-state index contributed by atoms with van der Waals surface area (Å²) in [6, 6.07) is 14.8. The average molecular weight is 606 g/mol. The molecule has 0 aromatic heterocycles. The average Bonchev–Trinajstić information content (AvgIpc) is 3.62. The van der Waals surface area contributed by atoms with Gasteiger partial charge in [0.05, 0.1) is 40.8 Å². The Kier molecular flexibility index (Phi) is 8.84. The minimum absolute atomic E-state index is 0.147. The summed E-state index contributed by atoms with van der Waals surface area (Å²) in [7, 11) is 1.70. The number of halogens is 1. The monoisotopic (exact) mass is 605 g/mol. The van der Waals surface area contributed by atoms with E-state index >= 15 is 0 Å². The minimum atomic E-state index is -1.25. The molecule has 3 heterocycles. The van der Waals surface area contributed by atoms with Crippen LogP contribution in [0.4, 0.5) is 5.69 Å². The summed E-state index contributed by atoms with van der Waals surface area (Å²) in [6.07, 6.45) is 5.09. The van der Waals surface area contributed by atoms with Crippen molar-refractivity contribution in [3.63, 3.8) is 0 Å². The maximum Gasteiger partial charge on any atom is 0.253 e. The van der Waals surface area contributed by atoms with Gasteiger partial charge in [-0.05, 0) is 43.4 Å². The number of aliphatic hydroxyl groups is 1. The smallest absolute Gasteiger partial charge is 0.253 e. The number of amides is 3. The third kappa shape index (κ3) is 4.99. The van der Waals surface area contributed by atoms with Gasteiger partial charge in [0.15, 0.2) is 0 Å². The summed E-state index contributed by atoms with van der Waals surface area (Å²) in [5.41, 5.74) is -0.720. The van der Waals surface area contributed by atoms with Crippen LogP contribution in [0.1, 0.15) is 31.7 Å². The highest BCUT2D eigenvalue weighted by Crippen LogP contribution is 2.65. The van der Waals surface area contributed by atoms with Gasteiger partial charge in [0.25, 0.3) is 5.91 Å². The van der Waals surface area contributed by atoms with Crippen LogP contribution in [-0.4, -0.2) is 82.7 Å². The normalized spacial score (nSPS) is 28.0. The molecule has 3 amide bonds. The quantitative estimate of drug-likeness (QED) is 0.365. The Morgan fingerprint density at radius 3 is 2.40 bits per heavy atom. The summed E-state index contributed by atoms with van der Waals surface area (Å²) < 4.78 is 6.93. The van der Waals surface area contributed by atoms with Gasteiger partial charge in [-0.3, -0.25) is 14.4 Å². The zero-order valence-electron chi connectivity index (χ0n) is 24.8. The molecule has 2 unspecified atom stereocenters. The molecule has 0 aliphatic carbocycles. The molecular formula is C34H40ClN3O5. The second-order valence-electron chi connectivity index (χ2n) is 11.8. The van der Waals surface area contributed by atoms with Crippen molar-refractivity contribution in [3.05, 3.63) is 90.5 Å². The molecule has 5 rings (SSSR count). The van der Waals surface area contributed by atoms with Gasteiger partial charge in [0.2, 0.25) is 11.8 Å². The Morgan fingerprint density at radius 1 is 1.09 bits per heavy atom. The van der Waals surface area contributed by atoms with Gasteiger partial charge in [-0.15, -0.1) is 13.2 Å². The third-order valence-electron chi connectivity index (χ3n) is 9.54. The lowest BCUT2D eigenvalue weighted by atomic mass is 9.64. The van der Waals surface area contributed by atoms with Gasteiger partial charge in [-0.25, -0.2) is 0 Å². The van der Waals surface area contributed by atoms with Crippen molar-refractivity contribution in [2.45, 2.75) is 55.9 Å². The van der Waals surface area contributed by atoms with E-state index in [0.29, 0.717) is 42.9 Å². The zero-order chi connectivity index (χ0) is 30.9. The van der Waals surface area contributed by atoms with E-state index in [9.17, 15) is 19.5 Å². The van der Waals surface area contributed by atoms with E-state index < -0.39 is 35.1 Å². The number of para-hydroxylation sites is 1. The van der Waals surface area contributed by atoms with Gasteiger partial charge < -0.3 is 24.5 Å². The van der Waals surface area contributed by atoms with Crippen LogP contribution in [0.2, 0.25) is 5.02 Å². The number of ether oxygens (including phenoxy) is 1. The molecule has 228 valence electrons. The molecule has 3 saturated heterocycles. The summed E-state index contributed by atoms with van der Waals surface area (Å²) in [6.45, 7) is 9.71. The third-order valence-corrected chi connectivity index (χ3v) is 9.86. The van der Waals surface area contributed by atoms with E-state index in [0.717, 1.165) is 5.56 Å². The van der Waals surface area contributed by atoms with E-state index in [2.05, 4.69) is 13.2 Å². The van der Waals surface area contributed by atoms with Crippen LogP contribution in [0.15, 0.2) is 79.9 Å².